The van der Waals surface area contributed by atoms with E-state index in [0.29, 0.717) is 11.7 Å². The fraction of sp³-hybridized carbons (Fsp3) is 0.286. The highest BCUT2D eigenvalue weighted by atomic mass is 35.5. The van der Waals surface area contributed by atoms with Crippen LogP contribution in [-0.2, 0) is 0 Å². The van der Waals surface area contributed by atoms with Gasteiger partial charge in [0.15, 0.2) is 0 Å². The number of nitrogens with one attached hydrogen (secondary N) is 1. The first-order valence-corrected chi connectivity index (χ1v) is 3.62. The molecule has 0 aliphatic heterocycles. The highest BCUT2D eigenvalue weighted by Gasteiger charge is 1.90. The molecule has 0 saturated heterocycles. The van der Waals surface area contributed by atoms with Crippen molar-refractivity contribution in [3.63, 3.8) is 0 Å². The summed E-state index contributed by atoms with van der Waals surface area (Å²) in [5, 5.41) is 3.27. The molecule has 1 aromatic heterocycles. The molecule has 0 unspecified atom stereocenters. The normalized spacial score (nSPS) is 9.64. The van der Waals surface area contributed by atoms with Crippen LogP contribution in [0.15, 0.2) is 18.3 Å². The van der Waals surface area contributed by atoms with Crippen LogP contribution in [0.2, 0.25) is 5.15 Å². The molecule has 0 bridgehead atoms. The van der Waals surface area contributed by atoms with Crippen LogP contribution in [0.25, 0.3) is 0 Å². The van der Waals surface area contributed by atoms with Crippen molar-refractivity contribution < 1.29 is 4.39 Å². The maximum atomic E-state index is 11.6. The number of halogens is 2. The van der Waals surface area contributed by atoms with Crippen molar-refractivity contribution >= 4 is 17.3 Å². The van der Waals surface area contributed by atoms with Crippen molar-refractivity contribution in [2.45, 2.75) is 0 Å². The molecule has 1 heterocycles. The zero-order chi connectivity index (χ0) is 8.10. The molecule has 1 aromatic rings. The summed E-state index contributed by atoms with van der Waals surface area (Å²) in [5.41, 5.74) is 0.784. The standard InChI is InChI=1S/C7H8ClFN2/c8-7-2-1-6(5-11-7)10-4-3-9/h1-2,5,10H,3-4H2. The van der Waals surface area contributed by atoms with Gasteiger partial charge in [0.1, 0.15) is 11.8 Å². The third-order valence-corrected chi connectivity index (χ3v) is 1.37. The van der Waals surface area contributed by atoms with Crippen molar-refractivity contribution in [1.29, 1.82) is 0 Å². The summed E-state index contributed by atoms with van der Waals surface area (Å²) in [6.07, 6.45) is 1.57. The Balaban J connectivity index is 2.52. The van der Waals surface area contributed by atoms with Gasteiger partial charge in [0.2, 0.25) is 0 Å². The number of rotatable bonds is 3. The Hall–Kier alpha value is -0.830. The maximum Gasteiger partial charge on any atom is 0.129 e. The second kappa shape index (κ2) is 4.13. The molecule has 0 spiro atoms. The quantitative estimate of drug-likeness (QED) is 0.710. The summed E-state index contributed by atoms with van der Waals surface area (Å²) in [7, 11) is 0. The van der Waals surface area contributed by atoms with Crippen LogP contribution in [-0.4, -0.2) is 18.2 Å². The van der Waals surface area contributed by atoms with Gasteiger partial charge < -0.3 is 5.32 Å². The van der Waals surface area contributed by atoms with Gasteiger partial charge in [-0.15, -0.1) is 0 Å². The van der Waals surface area contributed by atoms with Gasteiger partial charge in [0.25, 0.3) is 0 Å². The zero-order valence-electron chi connectivity index (χ0n) is 5.85. The molecule has 0 fully saturated rings. The average Bonchev–Trinajstić information content (AvgIpc) is 2.04. The first kappa shape index (κ1) is 8.27. The van der Waals surface area contributed by atoms with Gasteiger partial charge in [0.05, 0.1) is 11.9 Å². The smallest absolute Gasteiger partial charge is 0.129 e. The Morgan fingerprint density at radius 2 is 2.36 bits per heavy atom. The van der Waals surface area contributed by atoms with E-state index >= 15 is 0 Å². The molecule has 0 aromatic carbocycles. The van der Waals surface area contributed by atoms with E-state index in [1.165, 1.54) is 0 Å². The molecule has 0 aliphatic carbocycles. The Morgan fingerprint density at radius 1 is 1.55 bits per heavy atom. The Bertz CT molecular complexity index is 212. The lowest BCUT2D eigenvalue weighted by Crippen LogP contribution is -2.02. The number of aromatic nitrogens is 1. The second-order valence-corrected chi connectivity index (χ2v) is 2.37. The van der Waals surface area contributed by atoms with E-state index in [2.05, 4.69) is 10.3 Å². The molecule has 0 amide bonds. The van der Waals surface area contributed by atoms with E-state index in [-0.39, 0.29) is 6.67 Å². The van der Waals surface area contributed by atoms with Crippen molar-refractivity contribution in [2.24, 2.45) is 0 Å². The fourth-order valence-electron chi connectivity index (χ4n) is 0.672. The molecule has 1 N–H and O–H groups in total. The van der Waals surface area contributed by atoms with E-state index < -0.39 is 0 Å². The lowest BCUT2D eigenvalue weighted by Gasteiger charge is -2.01. The minimum atomic E-state index is -0.386. The van der Waals surface area contributed by atoms with Crippen LogP contribution >= 0.6 is 11.6 Å². The first-order chi connectivity index (χ1) is 5.33. The minimum absolute atomic E-state index is 0.309. The fourth-order valence-corrected chi connectivity index (χ4v) is 0.784. The SMILES string of the molecule is FCCNc1ccc(Cl)nc1. The summed E-state index contributed by atoms with van der Waals surface area (Å²) >= 11 is 5.53. The molecule has 60 valence electrons. The number of alkyl halides is 1. The van der Waals surface area contributed by atoms with Crippen LogP contribution in [0.1, 0.15) is 0 Å². The van der Waals surface area contributed by atoms with Gasteiger partial charge in [-0.2, -0.15) is 0 Å². The van der Waals surface area contributed by atoms with Gasteiger partial charge in [-0.05, 0) is 12.1 Å². The second-order valence-electron chi connectivity index (χ2n) is 1.99. The largest absolute Gasteiger partial charge is 0.381 e. The van der Waals surface area contributed by atoms with Crippen molar-refractivity contribution in [3.05, 3.63) is 23.5 Å². The lowest BCUT2D eigenvalue weighted by molar-refractivity contribution is 0.512. The predicted octanol–water partition coefficient (Wildman–Crippen LogP) is 2.12. The van der Waals surface area contributed by atoms with Crippen LogP contribution in [0, 0.1) is 0 Å². The highest BCUT2D eigenvalue weighted by Crippen LogP contribution is 2.08. The van der Waals surface area contributed by atoms with Crippen LogP contribution < -0.4 is 5.32 Å². The van der Waals surface area contributed by atoms with Crippen LogP contribution in [0.4, 0.5) is 10.1 Å². The monoisotopic (exact) mass is 174 g/mol. The van der Waals surface area contributed by atoms with Crippen molar-refractivity contribution in [2.75, 3.05) is 18.5 Å². The number of hydrogen-bond acceptors (Lipinski definition) is 2. The molecule has 0 aliphatic rings. The van der Waals surface area contributed by atoms with E-state index in [1.54, 1.807) is 18.3 Å². The number of nitrogens with zero attached hydrogens (tertiary/aromatic N) is 1. The van der Waals surface area contributed by atoms with E-state index in [4.69, 9.17) is 11.6 Å². The maximum absolute atomic E-state index is 11.6. The molecule has 1 rings (SSSR count). The number of hydrogen-bond donors (Lipinski definition) is 1. The van der Waals surface area contributed by atoms with Crippen molar-refractivity contribution in [3.8, 4) is 0 Å². The van der Waals surface area contributed by atoms with Gasteiger partial charge in [-0.1, -0.05) is 11.6 Å². The van der Waals surface area contributed by atoms with Crippen molar-refractivity contribution in [1.82, 2.24) is 4.98 Å². The summed E-state index contributed by atoms with van der Waals surface area (Å²) in [6.45, 7) is -0.0774. The van der Waals surface area contributed by atoms with Gasteiger partial charge >= 0.3 is 0 Å². The van der Waals surface area contributed by atoms with Crippen LogP contribution in [0.5, 0.6) is 0 Å². The summed E-state index contributed by atoms with van der Waals surface area (Å²) in [5.74, 6) is 0. The Labute approximate surface area is 69.4 Å². The third-order valence-electron chi connectivity index (χ3n) is 1.15. The molecule has 11 heavy (non-hydrogen) atoms. The Kier molecular flexibility index (Phi) is 3.11. The van der Waals surface area contributed by atoms with Gasteiger partial charge in [0, 0.05) is 6.54 Å². The summed E-state index contributed by atoms with van der Waals surface area (Å²) in [4.78, 5) is 3.81. The molecule has 0 radical (unpaired) electrons. The highest BCUT2D eigenvalue weighted by molar-refractivity contribution is 6.29. The summed E-state index contributed by atoms with van der Waals surface area (Å²) in [6, 6.07) is 3.41. The lowest BCUT2D eigenvalue weighted by atomic mass is 10.4. The molecule has 0 atom stereocenters. The van der Waals surface area contributed by atoms with E-state index in [9.17, 15) is 4.39 Å². The predicted molar refractivity (Wildman–Crippen MR) is 43.7 cm³/mol. The third kappa shape index (κ3) is 2.72. The topological polar surface area (TPSA) is 24.9 Å². The van der Waals surface area contributed by atoms with Crippen LogP contribution in [0.3, 0.4) is 0 Å². The summed E-state index contributed by atoms with van der Waals surface area (Å²) < 4.78 is 11.6. The molecular formula is C7H8ClFN2. The van der Waals surface area contributed by atoms with Gasteiger partial charge in [-0.25, -0.2) is 9.37 Å². The number of pyridine rings is 1. The average molecular weight is 175 g/mol. The Morgan fingerprint density at radius 3 is 2.91 bits per heavy atom. The van der Waals surface area contributed by atoms with E-state index in [1.807, 2.05) is 0 Å². The first-order valence-electron chi connectivity index (χ1n) is 3.24. The molecule has 2 nitrogen and oxygen atoms in total. The van der Waals surface area contributed by atoms with E-state index in [0.717, 1.165) is 5.69 Å². The van der Waals surface area contributed by atoms with Gasteiger partial charge in [-0.3, -0.25) is 0 Å². The molecule has 0 saturated carbocycles. The minimum Gasteiger partial charge on any atom is -0.381 e. The molecule has 4 heteroatoms. The zero-order valence-corrected chi connectivity index (χ0v) is 6.61. The number of anilines is 1. The molecular weight excluding hydrogens is 167 g/mol.